The van der Waals surface area contributed by atoms with Crippen molar-refractivity contribution in [1.82, 2.24) is 30.5 Å². The van der Waals surface area contributed by atoms with Crippen molar-refractivity contribution in [1.29, 1.82) is 0 Å². The van der Waals surface area contributed by atoms with Crippen molar-refractivity contribution < 1.29 is 33.4 Å². The first-order valence-corrected chi connectivity index (χ1v) is 23.6. The monoisotopic (exact) mass is 922 g/mol. The lowest BCUT2D eigenvalue weighted by atomic mass is 9.83. The lowest BCUT2D eigenvalue weighted by molar-refractivity contribution is -0.143. The molecule has 63 heavy (non-hydrogen) atoms. The maximum atomic E-state index is 15.1. The van der Waals surface area contributed by atoms with Crippen LogP contribution in [0.15, 0.2) is 54.2 Å². The average molecular weight is 924 g/mol. The van der Waals surface area contributed by atoms with Crippen LogP contribution >= 0.6 is 34.7 Å². The molecule has 2 aliphatic carbocycles. The molecule has 3 heterocycles. The summed E-state index contributed by atoms with van der Waals surface area (Å²) in [6.45, 7) is 6.45. The van der Waals surface area contributed by atoms with Gasteiger partial charge >= 0.3 is 0 Å². The number of thioether (sulfide) groups is 1. The number of nitrogens with zero attached hydrogens (tertiary/aromatic N) is 4. The van der Waals surface area contributed by atoms with Crippen molar-refractivity contribution in [2.24, 2.45) is 11.8 Å². The molecule has 338 valence electrons. The number of ether oxygens (including phenoxy) is 2. The van der Waals surface area contributed by atoms with Gasteiger partial charge in [0.05, 0.1) is 47.8 Å². The molecule has 1 unspecified atom stereocenters. The number of carbonyl (C=O) groups excluding carboxylic acids is 3. The fourth-order valence-electron chi connectivity index (χ4n) is 8.04. The molecule has 4 aromatic rings. The highest BCUT2D eigenvalue weighted by atomic mass is 35.5. The third kappa shape index (κ3) is 11.3. The van der Waals surface area contributed by atoms with Gasteiger partial charge in [-0.25, -0.2) is 14.4 Å². The van der Waals surface area contributed by atoms with Crippen molar-refractivity contribution in [3.63, 3.8) is 0 Å². The molecule has 18 heteroatoms. The van der Waals surface area contributed by atoms with Crippen molar-refractivity contribution >= 4 is 69.9 Å². The first kappa shape index (κ1) is 46.3. The van der Waals surface area contributed by atoms with Crippen LogP contribution in [0.3, 0.4) is 0 Å². The van der Waals surface area contributed by atoms with E-state index in [0.29, 0.717) is 52.4 Å². The van der Waals surface area contributed by atoms with Gasteiger partial charge in [-0.05, 0) is 100 Å². The van der Waals surface area contributed by atoms with Gasteiger partial charge in [0.2, 0.25) is 17.8 Å². The van der Waals surface area contributed by atoms with Gasteiger partial charge in [-0.2, -0.15) is 16.7 Å². The van der Waals surface area contributed by atoms with Crippen LogP contribution in [0.2, 0.25) is 5.02 Å². The largest absolute Gasteiger partial charge is 0.494 e. The van der Waals surface area contributed by atoms with E-state index < -0.39 is 46.3 Å². The molecule has 5 N–H and O–H groups in total. The van der Waals surface area contributed by atoms with E-state index >= 15 is 4.39 Å². The predicted molar refractivity (Wildman–Crippen MR) is 246 cm³/mol. The summed E-state index contributed by atoms with van der Waals surface area (Å²) in [6.07, 6.45) is 4.72. The van der Waals surface area contributed by atoms with Crippen molar-refractivity contribution in [2.75, 3.05) is 43.7 Å². The number of thiazole rings is 1. The Morgan fingerprint density at radius 3 is 2.49 bits per heavy atom. The topological polar surface area (TPSA) is 180 Å². The van der Waals surface area contributed by atoms with Crippen LogP contribution in [0, 0.1) is 18.8 Å². The number of hydrogen-bond donors (Lipinski definition) is 5. The SMILES string of the molecule is CNc1nc(Nc2ccc(OC[C@H]3CC[C@H](CSC(C)(C)C(NC(=O)C4(F)CC4)C(=O)N4C[C@H](O)C[C@H]4C(=O)NCc4ccc(-c5scnc5C)cc4)CC3)cc2OC)ncc1Cl. The number of aryl methyl sites for hydroxylation is 1. The number of aliphatic hydroxyl groups excluding tert-OH is 1. The quantitative estimate of drug-likeness (QED) is 0.0673. The van der Waals surface area contributed by atoms with Crippen LogP contribution < -0.4 is 30.7 Å². The van der Waals surface area contributed by atoms with Crippen LogP contribution in [-0.4, -0.2) is 104 Å². The summed E-state index contributed by atoms with van der Waals surface area (Å²) in [6, 6.07) is 11.3. The number of carbonyl (C=O) groups is 3. The smallest absolute Gasteiger partial charge is 0.258 e. The number of nitrogens with one attached hydrogen (secondary N) is 4. The van der Waals surface area contributed by atoms with E-state index in [-0.39, 0.29) is 32.4 Å². The minimum Gasteiger partial charge on any atom is -0.494 e. The van der Waals surface area contributed by atoms with E-state index in [2.05, 4.69) is 36.2 Å². The highest BCUT2D eigenvalue weighted by Crippen LogP contribution is 2.42. The number of halogens is 2. The van der Waals surface area contributed by atoms with Crippen LogP contribution in [0.1, 0.15) is 70.1 Å². The molecule has 3 amide bonds. The molecule has 1 aliphatic heterocycles. The fraction of sp³-hybridized carbons (Fsp3) is 0.511. The minimum atomic E-state index is -2.00. The molecule has 3 fully saturated rings. The van der Waals surface area contributed by atoms with E-state index in [9.17, 15) is 19.5 Å². The van der Waals surface area contributed by atoms with Gasteiger partial charge < -0.3 is 40.7 Å². The minimum absolute atomic E-state index is 0.0587. The summed E-state index contributed by atoms with van der Waals surface area (Å²) in [5.41, 5.74) is 3.36. The van der Waals surface area contributed by atoms with Gasteiger partial charge in [0.15, 0.2) is 5.67 Å². The number of hydrogen-bond acceptors (Lipinski definition) is 13. The van der Waals surface area contributed by atoms with Crippen LogP contribution in [0.5, 0.6) is 11.5 Å². The van der Waals surface area contributed by atoms with Crippen molar-refractivity contribution in [2.45, 2.75) is 101 Å². The van der Waals surface area contributed by atoms with Crippen LogP contribution in [0.25, 0.3) is 10.4 Å². The normalized spacial score (nSPS) is 21.0. The van der Waals surface area contributed by atoms with E-state index in [1.807, 2.05) is 68.7 Å². The van der Waals surface area contributed by atoms with E-state index in [4.69, 9.17) is 21.1 Å². The number of β-amino-alcohol motifs (C(OH)–C–C–N with tert-alkyl or cyclic N) is 1. The predicted octanol–water partition coefficient (Wildman–Crippen LogP) is 7.32. The Hall–Kier alpha value is -4.71. The van der Waals surface area contributed by atoms with Gasteiger partial charge in [-0.3, -0.25) is 14.4 Å². The molecule has 1 saturated heterocycles. The second-order valence-corrected chi connectivity index (χ2v) is 20.1. The third-order valence-electron chi connectivity index (χ3n) is 12.2. The molecule has 3 aliphatic rings. The van der Waals surface area contributed by atoms with Crippen molar-refractivity contribution in [3.8, 4) is 21.9 Å². The summed E-state index contributed by atoms with van der Waals surface area (Å²) in [5, 5.41) is 23.0. The average Bonchev–Trinajstić information content (AvgIpc) is 3.69. The fourth-order valence-corrected chi connectivity index (χ4v) is 10.4. The second kappa shape index (κ2) is 20.0. The summed E-state index contributed by atoms with van der Waals surface area (Å²) in [7, 11) is 3.32. The van der Waals surface area contributed by atoms with Gasteiger partial charge in [-0.15, -0.1) is 11.3 Å². The number of anilines is 3. The molecular formula is C45H56ClFN8O6S2. The summed E-state index contributed by atoms with van der Waals surface area (Å²) >= 11 is 9.27. The zero-order valence-electron chi connectivity index (χ0n) is 36.2. The number of aromatic nitrogens is 3. The van der Waals surface area contributed by atoms with E-state index in [0.717, 1.165) is 53.1 Å². The number of likely N-dealkylation sites (tertiary alicyclic amines) is 1. The standard InChI is InChI=1S/C45H56ClFN8O6S2/c1-26-37(62-25-51-26)30-12-10-27(11-13-30)20-49-40(57)35-18-31(56)22-55(35)41(58)38(53-42(59)45(47)16-17-45)44(2,3)63-24-29-8-6-28(7-9-29)23-61-32-14-15-34(36(19-32)60-5)52-43-50-21-33(46)39(48-4)54-43/h10-15,19,21,25,28-29,31,35,38,56H,6-9,16-18,20,22-24H2,1-5H3,(H,49,57)(H,53,59)(H2,48,50,52,54)/t28-,29-,31-,35+,38?/m1/s1. The summed E-state index contributed by atoms with van der Waals surface area (Å²) in [4.78, 5) is 56.7. The zero-order chi connectivity index (χ0) is 44.9. The first-order chi connectivity index (χ1) is 30.2. The Labute approximate surface area is 380 Å². The highest BCUT2D eigenvalue weighted by molar-refractivity contribution is 8.00. The van der Waals surface area contributed by atoms with Gasteiger partial charge in [0.1, 0.15) is 34.4 Å². The molecular weight excluding hydrogens is 867 g/mol. The number of amides is 3. The summed E-state index contributed by atoms with van der Waals surface area (Å²) < 4.78 is 26.1. The Kier molecular flexibility index (Phi) is 14.7. The zero-order valence-corrected chi connectivity index (χ0v) is 38.6. The van der Waals surface area contributed by atoms with Gasteiger partial charge in [0, 0.05) is 37.4 Å². The molecule has 7 rings (SSSR count). The molecule has 2 aromatic heterocycles. The van der Waals surface area contributed by atoms with Gasteiger partial charge in [0.25, 0.3) is 5.91 Å². The lowest BCUT2D eigenvalue weighted by Crippen LogP contribution is -2.61. The Morgan fingerprint density at radius 2 is 1.83 bits per heavy atom. The molecule has 2 saturated carbocycles. The number of aliphatic hydroxyl groups is 1. The maximum Gasteiger partial charge on any atom is 0.258 e. The Balaban J connectivity index is 0.923. The number of alkyl halides is 1. The molecule has 0 bridgehead atoms. The van der Waals surface area contributed by atoms with E-state index in [1.165, 1.54) is 11.1 Å². The van der Waals surface area contributed by atoms with Crippen LogP contribution in [0.4, 0.5) is 21.8 Å². The third-order valence-corrected chi connectivity index (χ3v) is 15.0. The molecule has 0 spiro atoms. The van der Waals surface area contributed by atoms with Crippen LogP contribution in [-0.2, 0) is 20.9 Å². The molecule has 3 atom stereocenters. The molecule has 2 aromatic carbocycles. The molecule has 0 radical (unpaired) electrons. The second-order valence-electron chi connectivity index (χ2n) is 17.2. The van der Waals surface area contributed by atoms with E-state index in [1.54, 1.807) is 37.3 Å². The number of rotatable bonds is 18. The van der Waals surface area contributed by atoms with Crippen molar-refractivity contribution in [3.05, 3.63) is 70.5 Å². The number of methoxy groups -OCH3 is 1. The maximum absolute atomic E-state index is 15.1. The first-order valence-electron chi connectivity index (χ1n) is 21.3. The van der Waals surface area contributed by atoms with Gasteiger partial charge in [-0.1, -0.05) is 35.9 Å². The Morgan fingerprint density at radius 1 is 1.10 bits per heavy atom. The molecule has 14 nitrogen and oxygen atoms in total. The Bertz CT molecular complexity index is 2250. The highest BCUT2D eigenvalue weighted by Gasteiger charge is 2.54. The summed E-state index contributed by atoms with van der Waals surface area (Å²) in [5.74, 6) is 1.86. The lowest BCUT2D eigenvalue weighted by Gasteiger charge is -2.38. The number of benzene rings is 2.